The van der Waals surface area contributed by atoms with Crippen molar-refractivity contribution in [1.29, 1.82) is 0 Å². The minimum Gasteiger partial charge on any atom is -0.660 e. The molecule has 1 aliphatic carbocycles. The summed E-state index contributed by atoms with van der Waals surface area (Å²) in [6.07, 6.45) is 16.8. The van der Waals surface area contributed by atoms with Gasteiger partial charge in [-0.2, -0.15) is 0 Å². The summed E-state index contributed by atoms with van der Waals surface area (Å²) in [5.41, 5.74) is 5.46. The normalized spacial score (nSPS) is 28.5. The fraction of sp³-hybridized carbons (Fsp3) is 0.400. The average molecular weight is 313 g/mol. The first-order valence-corrected chi connectivity index (χ1v) is 8.11. The van der Waals surface area contributed by atoms with Crippen molar-refractivity contribution in [2.75, 3.05) is 0 Å². The van der Waals surface area contributed by atoms with Crippen molar-refractivity contribution in [2.45, 2.75) is 47.0 Å². The summed E-state index contributed by atoms with van der Waals surface area (Å²) in [6.45, 7) is 8.49. The maximum absolute atomic E-state index is 6.43. The molecule has 0 N–H and O–H groups in total. The zero-order valence-electron chi connectivity index (χ0n) is 13.8. The predicted molar refractivity (Wildman–Crippen MR) is 96.4 cm³/mol. The molecular weight excluding hydrogens is 290 g/mol. The smallest absolute Gasteiger partial charge is 0.0427 e. The van der Waals surface area contributed by atoms with Crippen molar-refractivity contribution in [3.05, 3.63) is 62.8 Å². The molecule has 1 heterocycles. The molecule has 0 aromatic rings. The average Bonchev–Trinajstić information content (AvgIpc) is 2.71. The van der Waals surface area contributed by atoms with Crippen LogP contribution in [0.15, 0.2) is 57.4 Å². The Labute approximate surface area is 139 Å². The Hall–Kier alpha value is -1.65. The molecule has 0 radical (unpaired) electrons. The maximum atomic E-state index is 6.43. The molecule has 1 saturated heterocycles. The minimum atomic E-state index is -0.131. The van der Waals surface area contributed by atoms with E-state index in [4.69, 9.17) is 23.3 Å². The van der Waals surface area contributed by atoms with Gasteiger partial charge < -0.3 is 5.32 Å². The van der Waals surface area contributed by atoms with Crippen molar-refractivity contribution in [3.63, 3.8) is 0 Å². The van der Waals surface area contributed by atoms with E-state index >= 15 is 0 Å². The van der Waals surface area contributed by atoms with Crippen LogP contribution in [-0.2, 0) is 0 Å². The Balaban J connectivity index is 2.39. The van der Waals surface area contributed by atoms with Gasteiger partial charge in [-0.1, -0.05) is 60.7 Å². The molecule has 22 heavy (non-hydrogen) atoms. The van der Waals surface area contributed by atoms with Gasteiger partial charge in [0.1, 0.15) is 0 Å². The van der Waals surface area contributed by atoms with Crippen molar-refractivity contribution in [2.24, 2.45) is 5.41 Å². The van der Waals surface area contributed by atoms with E-state index in [1.807, 2.05) is 6.92 Å². The fourth-order valence-corrected chi connectivity index (χ4v) is 3.36. The summed E-state index contributed by atoms with van der Waals surface area (Å²) in [7, 11) is 0. The number of nitrogens with zero attached hydrogens (tertiary/aromatic N) is 1. The molecule has 0 saturated carbocycles. The number of hydrogen-bond donors (Lipinski definition) is 0. The van der Waals surface area contributed by atoms with E-state index in [9.17, 15) is 0 Å². The number of allylic oxidation sites excluding steroid dienone is 9. The maximum Gasteiger partial charge on any atom is 0.0427 e. The summed E-state index contributed by atoms with van der Waals surface area (Å²) in [5.74, 6) is 2.58. The monoisotopic (exact) mass is 312 g/mol. The minimum absolute atomic E-state index is 0.131. The van der Waals surface area contributed by atoms with E-state index < -0.39 is 0 Å². The quantitative estimate of drug-likeness (QED) is 0.499. The van der Waals surface area contributed by atoms with Gasteiger partial charge in [0.2, 0.25) is 0 Å². The third-order valence-electron chi connectivity index (χ3n) is 4.44. The van der Waals surface area contributed by atoms with Crippen LogP contribution in [0.4, 0.5) is 0 Å². The lowest BCUT2D eigenvalue weighted by atomic mass is 9.82. The van der Waals surface area contributed by atoms with Gasteiger partial charge in [0.25, 0.3) is 0 Å². The van der Waals surface area contributed by atoms with Crippen LogP contribution < -0.4 is 0 Å². The largest absolute Gasteiger partial charge is 0.660 e. The second-order valence-corrected chi connectivity index (χ2v) is 6.71. The van der Waals surface area contributed by atoms with Crippen molar-refractivity contribution >= 4 is 11.6 Å². The summed E-state index contributed by atoms with van der Waals surface area (Å²) in [4.78, 5) is 0. The molecule has 116 valence electrons. The molecule has 1 fully saturated rings. The van der Waals surface area contributed by atoms with Gasteiger partial charge in [0, 0.05) is 5.03 Å². The van der Waals surface area contributed by atoms with E-state index in [2.05, 4.69) is 44.9 Å². The highest BCUT2D eigenvalue weighted by molar-refractivity contribution is 6.32. The van der Waals surface area contributed by atoms with Gasteiger partial charge in [0.15, 0.2) is 0 Å². The molecule has 0 spiro atoms. The number of hydrogen-bond acceptors (Lipinski definition) is 0. The van der Waals surface area contributed by atoms with Crippen molar-refractivity contribution in [1.82, 2.24) is 0 Å². The highest BCUT2D eigenvalue weighted by atomic mass is 35.5. The molecule has 1 aliphatic heterocycles. The van der Waals surface area contributed by atoms with Gasteiger partial charge in [-0.05, 0) is 50.2 Å². The molecule has 0 amide bonds. The van der Waals surface area contributed by atoms with Crippen LogP contribution in [0.2, 0.25) is 0 Å². The standard InChI is InChI=1S/C20H23ClN/c1-6-9-17-16(7-2)20(4,5)18(22-17)13-12-15-11-8-10-14(3)19(15)21/h1,7,9,12-13H,8,10-11H2,2-5H3/q-1/b15-12+,16-7+,17-9+,18-13+. The highest BCUT2D eigenvalue weighted by Gasteiger charge is 2.27. The molecule has 2 heteroatoms. The lowest BCUT2D eigenvalue weighted by Gasteiger charge is -2.27. The summed E-state index contributed by atoms with van der Waals surface area (Å²) in [5, 5.41) is 5.64. The summed E-state index contributed by atoms with van der Waals surface area (Å²) >= 11 is 6.43. The second-order valence-electron chi connectivity index (χ2n) is 6.33. The SMILES string of the molecule is C#C/C=C1/[N-]/C(=C/C=C2\CCCC(C)=C2Cl)C(C)(C)/C1=C/C. The third-order valence-corrected chi connectivity index (χ3v) is 5.00. The molecular formula is C20H23ClN-. The van der Waals surface area contributed by atoms with Crippen molar-refractivity contribution < 1.29 is 0 Å². The van der Waals surface area contributed by atoms with Crippen LogP contribution in [0.5, 0.6) is 0 Å². The molecule has 2 rings (SSSR count). The lowest BCUT2D eigenvalue weighted by molar-refractivity contribution is 0.582. The van der Waals surface area contributed by atoms with Crippen LogP contribution >= 0.6 is 11.6 Å². The van der Waals surface area contributed by atoms with Crippen molar-refractivity contribution in [3.8, 4) is 12.3 Å². The van der Waals surface area contributed by atoms with E-state index in [0.717, 1.165) is 29.3 Å². The Morgan fingerprint density at radius 2 is 2.00 bits per heavy atom. The first kappa shape index (κ1) is 16.7. The Morgan fingerprint density at radius 1 is 1.27 bits per heavy atom. The first-order valence-electron chi connectivity index (χ1n) is 7.74. The predicted octanol–water partition coefficient (Wildman–Crippen LogP) is 6.37. The second kappa shape index (κ2) is 6.63. The first-order chi connectivity index (χ1) is 10.4. The van der Waals surface area contributed by atoms with Crippen LogP contribution in [0, 0.1) is 17.8 Å². The molecule has 2 aliphatic rings. The van der Waals surface area contributed by atoms with Gasteiger partial charge in [-0.25, -0.2) is 0 Å². The zero-order chi connectivity index (χ0) is 16.3. The van der Waals surface area contributed by atoms with E-state index in [1.54, 1.807) is 6.08 Å². The molecule has 0 unspecified atom stereocenters. The molecule has 0 bridgehead atoms. The van der Waals surface area contributed by atoms with Gasteiger partial charge in [-0.3, -0.25) is 0 Å². The van der Waals surface area contributed by atoms with Gasteiger partial charge >= 0.3 is 0 Å². The van der Waals surface area contributed by atoms with Crippen LogP contribution in [0.25, 0.3) is 5.32 Å². The Morgan fingerprint density at radius 3 is 2.64 bits per heavy atom. The summed E-state index contributed by atoms with van der Waals surface area (Å²) < 4.78 is 0. The Bertz CT molecular complexity index is 660. The topological polar surface area (TPSA) is 14.1 Å². The zero-order valence-corrected chi connectivity index (χ0v) is 14.6. The van der Waals surface area contributed by atoms with Crippen LogP contribution in [0.1, 0.15) is 47.0 Å². The fourth-order valence-electron chi connectivity index (χ4n) is 3.10. The van der Waals surface area contributed by atoms with E-state index in [1.165, 1.54) is 23.1 Å². The van der Waals surface area contributed by atoms with E-state index in [0.29, 0.717) is 0 Å². The number of rotatable bonds is 1. The summed E-state index contributed by atoms with van der Waals surface area (Å²) in [6, 6.07) is 0. The number of terminal acetylenes is 1. The molecule has 0 aromatic carbocycles. The molecule has 0 aromatic heterocycles. The molecule has 0 atom stereocenters. The van der Waals surface area contributed by atoms with Gasteiger partial charge in [0.05, 0.1) is 0 Å². The molecule has 1 nitrogen and oxygen atoms in total. The Kier molecular flexibility index (Phi) is 5.04. The van der Waals surface area contributed by atoms with Crippen LogP contribution in [0.3, 0.4) is 0 Å². The van der Waals surface area contributed by atoms with E-state index in [-0.39, 0.29) is 5.41 Å². The van der Waals surface area contributed by atoms with Crippen LogP contribution in [-0.4, -0.2) is 0 Å². The highest BCUT2D eigenvalue weighted by Crippen LogP contribution is 2.51. The number of halogens is 1. The van der Waals surface area contributed by atoms with Gasteiger partial charge in [-0.15, -0.1) is 17.8 Å². The lowest BCUT2D eigenvalue weighted by Crippen LogP contribution is -2.10. The third kappa shape index (κ3) is 3.08.